The summed E-state index contributed by atoms with van der Waals surface area (Å²) in [5.74, 6) is 0. The van der Waals surface area contributed by atoms with Crippen LogP contribution in [0, 0.1) is 0 Å². The van der Waals surface area contributed by atoms with Gasteiger partial charge in [-0.25, -0.2) is 20.3 Å². The molecule has 0 aliphatic carbocycles. The van der Waals surface area contributed by atoms with E-state index in [0.29, 0.717) is 12.8 Å². The second-order valence-corrected chi connectivity index (χ2v) is 1.50. The average molecular weight is 154 g/mol. The first-order valence-electron chi connectivity index (χ1n) is 2.78. The Balaban J connectivity index is 2.65. The summed E-state index contributed by atoms with van der Waals surface area (Å²) in [5.41, 5.74) is 0. The van der Waals surface area contributed by atoms with Crippen LogP contribution in [0.25, 0.3) is 0 Å². The van der Waals surface area contributed by atoms with Gasteiger partial charge in [-0.05, 0) is 12.8 Å². The van der Waals surface area contributed by atoms with E-state index in [4.69, 9.17) is 10.5 Å². The third-order valence-corrected chi connectivity index (χ3v) is 0.811. The molecule has 0 aliphatic heterocycles. The van der Waals surface area contributed by atoms with Crippen LogP contribution >= 0.6 is 0 Å². The van der Waals surface area contributed by atoms with Gasteiger partial charge in [0.2, 0.25) is 0 Å². The van der Waals surface area contributed by atoms with Crippen molar-refractivity contribution in [3.63, 3.8) is 0 Å². The molecule has 0 radical (unpaired) electrons. The van der Waals surface area contributed by atoms with Crippen LogP contribution < -0.4 is 0 Å². The molecule has 0 spiro atoms. The van der Waals surface area contributed by atoms with Gasteiger partial charge in [0.05, 0.1) is 13.2 Å². The zero-order valence-corrected chi connectivity index (χ0v) is 5.36. The lowest BCUT2D eigenvalue weighted by Crippen LogP contribution is -1.97. The van der Waals surface area contributed by atoms with E-state index in [1.54, 1.807) is 0 Å². The summed E-state index contributed by atoms with van der Waals surface area (Å²) in [6.45, 7) is 0.538. The number of hydrogen-bond donors (Lipinski definition) is 2. The number of unbranched alkanes of at least 4 members (excludes halogenated alkanes) is 1. The molecule has 10 heavy (non-hydrogen) atoms. The Morgan fingerprint density at radius 3 is 1.50 bits per heavy atom. The quantitative estimate of drug-likeness (QED) is 0.318. The Kier molecular flexibility index (Phi) is 8.55. The monoisotopic (exact) mass is 154 g/mol. The second kappa shape index (κ2) is 8.76. The number of hydrogen-bond acceptors (Lipinski definition) is 6. The summed E-state index contributed by atoms with van der Waals surface area (Å²) < 4.78 is 0. The van der Waals surface area contributed by atoms with Crippen LogP contribution in [0.1, 0.15) is 12.8 Å². The van der Waals surface area contributed by atoms with Crippen LogP contribution in [0.2, 0.25) is 0 Å². The highest BCUT2D eigenvalue weighted by molar-refractivity contribution is 4.32. The van der Waals surface area contributed by atoms with E-state index in [-0.39, 0.29) is 13.2 Å². The molecule has 0 bridgehead atoms. The van der Waals surface area contributed by atoms with Gasteiger partial charge in [-0.15, -0.1) is 0 Å². The van der Waals surface area contributed by atoms with Crippen LogP contribution in [0.5, 0.6) is 0 Å². The van der Waals surface area contributed by atoms with E-state index in [1.165, 1.54) is 0 Å². The summed E-state index contributed by atoms with van der Waals surface area (Å²) in [7, 11) is 0. The minimum Gasteiger partial charge on any atom is -0.221 e. The first kappa shape index (κ1) is 9.76. The van der Waals surface area contributed by atoms with Crippen LogP contribution in [0.4, 0.5) is 0 Å². The largest absolute Gasteiger partial charge is 0.221 e. The van der Waals surface area contributed by atoms with Crippen LogP contribution in [-0.2, 0) is 19.9 Å². The van der Waals surface area contributed by atoms with E-state index < -0.39 is 0 Å². The molecule has 0 rings (SSSR count). The summed E-state index contributed by atoms with van der Waals surface area (Å²) in [4.78, 5) is 8.22. The third kappa shape index (κ3) is 7.76. The van der Waals surface area contributed by atoms with Crippen LogP contribution in [0.3, 0.4) is 0 Å². The van der Waals surface area contributed by atoms with Gasteiger partial charge in [0, 0.05) is 0 Å². The molecular formula is C4H10O6. The summed E-state index contributed by atoms with van der Waals surface area (Å²) >= 11 is 0. The van der Waals surface area contributed by atoms with Gasteiger partial charge in [-0.1, -0.05) is 10.1 Å². The molecule has 0 fully saturated rings. The molecule has 62 valence electrons. The van der Waals surface area contributed by atoms with E-state index in [0.717, 1.165) is 0 Å². The second-order valence-electron chi connectivity index (χ2n) is 1.50. The molecule has 0 aromatic carbocycles. The van der Waals surface area contributed by atoms with Crippen molar-refractivity contribution < 1.29 is 30.4 Å². The van der Waals surface area contributed by atoms with Crippen molar-refractivity contribution >= 4 is 0 Å². The minimum absolute atomic E-state index is 0.269. The average Bonchev–Trinajstić information content (AvgIpc) is 1.97. The van der Waals surface area contributed by atoms with Crippen molar-refractivity contribution in [1.82, 2.24) is 0 Å². The molecule has 0 aromatic rings. The molecule has 0 saturated heterocycles. The van der Waals surface area contributed by atoms with Gasteiger partial charge in [0.15, 0.2) is 0 Å². The first-order valence-corrected chi connectivity index (χ1v) is 2.78. The highest BCUT2D eigenvalue weighted by Crippen LogP contribution is 1.90. The molecule has 0 atom stereocenters. The summed E-state index contributed by atoms with van der Waals surface area (Å²) in [5, 5.41) is 22.0. The third-order valence-electron chi connectivity index (χ3n) is 0.811. The lowest BCUT2D eigenvalue weighted by atomic mass is 10.3. The lowest BCUT2D eigenvalue weighted by Gasteiger charge is -1.97. The Morgan fingerprint density at radius 2 is 1.20 bits per heavy atom. The maximum absolute atomic E-state index is 7.65. The minimum atomic E-state index is 0.269. The van der Waals surface area contributed by atoms with Crippen LogP contribution in [-0.4, -0.2) is 23.7 Å². The molecule has 6 nitrogen and oxygen atoms in total. The van der Waals surface area contributed by atoms with Gasteiger partial charge in [0.25, 0.3) is 0 Å². The standard InChI is InChI=1S/C4H10O6/c5-9-7-3-1-2-4-8-10-6/h5-6H,1-4H2. The van der Waals surface area contributed by atoms with E-state index in [9.17, 15) is 0 Å². The molecule has 6 heteroatoms. The van der Waals surface area contributed by atoms with Crippen molar-refractivity contribution in [3.8, 4) is 0 Å². The zero-order valence-electron chi connectivity index (χ0n) is 5.36. The topological polar surface area (TPSA) is 77.4 Å². The molecule has 0 heterocycles. The van der Waals surface area contributed by atoms with Crippen LogP contribution in [0.15, 0.2) is 0 Å². The molecule has 2 N–H and O–H groups in total. The fourth-order valence-corrected chi connectivity index (χ4v) is 0.397. The van der Waals surface area contributed by atoms with Gasteiger partial charge < -0.3 is 0 Å². The zero-order chi connectivity index (χ0) is 7.66. The van der Waals surface area contributed by atoms with E-state index >= 15 is 0 Å². The highest BCUT2D eigenvalue weighted by atomic mass is 17.5. The van der Waals surface area contributed by atoms with Crippen molar-refractivity contribution in [2.24, 2.45) is 0 Å². The van der Waals surface area contributed by atoms with Crippen molar-refractivity contribution in [2.45, 2.75) is 12.8 Å². The maximum Gasteiger partial charge on any atom is 0.0854 e. The van der Waals surface area contributed by atoms with Gasteiger partial charge >= 0.3 is 0 Å². The summed E-state index contributed by atoms with van der Waals surface area (Å²) in [6, 6.07) is 0. The van der Waals surface area contributed by atoms with Gasteiger partial charge in [-0.3, -0.25) is 0 Å². The predicted octanol–water partition coefficient (Wildman–Crippen LogP) is 0.609. The van der Waals surface area contributed by atoms with Gasteiger partial charge in [0.1, 0.15) is 0 Å². The first-order chi connectivity index (χ1) is 4.91. The van der Waals surface area contributed by atoms with Crippen molar-refractivity contribution in [1.29, 1.82) is 0 Å². The maximum atomic E-state index is 7.65. The lowest BCUT2D eigenvalue weighted by molar-refractivity contribution is -0.495. The Bertz CT molecular complexity index is 49.7. The number of rotatable bonds is 7. The molecule has 0 aliphatic rings. The van der Waals surface area contributed by atoms with E-state index in [2.05, 4.69) is 19.9 Å². The van der Waals surface area contributed by atoms with Crippen molar-refractivity contribution in [2.75, 3.05) is 13.2 Å². The molecule has 0 amide bonds. The molecule has 0 aromatic heterocycles. The molecule has 0 unspecified atom stereocenters. The summed E-state index contributed by atoms with van der Waals surface area (Å²) in [6.07, 6.45) is 1.29. The molecular weight excluding hydrogens is 144 g/mol. The smallest absolute Gasteiger partial charge is 0.0854 e. The van der Waals surface area contributed by atoms with E-state index in [1.807, 2.05) is 0 Å². The molecule has 0 saturated carbocycles. The normalized spacial score (nSPS) is 10.2. The fraction of sp³-hybridized carbons (Fsp3) is 1.00. The van der Waals surface area contributed by atoms with Gasteiger partial charge in [-0.2, -0.15) is 0 Å². The SMILES string of the molecule is OOOCCCCOOO. The fourth-order valence-electron chi connectivity index (χ4n) is 0.397. The van der Waals surface area contributed by atoms with Crippen molar-refractivity contribution in [3.05, 3.63) is 0 Å². The Morgan fingerprint density at radius 1 is 0.800 bits per heavy atom. The highest BCUT2D eigenvalue weighted by Gasteiger charge is 1.89. The Labute approximate surface area is 57.6 Å². The Hall–Kier alpha value is -0.240. The predicted molar refractivity (Wildman–Crippen MR) is 28.6 cm³/mol.